The molecule has 1 atom stereocenters. The molecule has 0 amide bonds. The van der Waals surface area contributed by atoms with Crippen molar-refractivity contribution >= 4 is 0 Å². The van der Waals surface area contributed by atoms with E-state index in [2.05, 4.69) is 30.3 Å². The van der Waals surface area contributed by atoms with Gasteiger partial charge in [-0.3, -0.25) is 0 Å². The van der Waals surface area contributed by atoms with Crippen molar-refractivity contribution in [2.75, 3.05) is 41.0 Å². The number of hydrogen-bond donors (Lipinski definition) is 2. The van der Waals surface area contributed by atoms with Gasteiger partial charge in [-0.1, -0.05) is 24.3 Å². The SMILES string of the molecule is COc1cc(OC)c(OC)cc1C[NH+]1CCC([NH+]2CCc3ccccc3C2)CC1. The summed E-state index contributed by atoms with van der Waals surface area (Å²) in [6.45, 7) is 5.87. The smallest absolute Gasteiger partial charge is 0.164 e. The molecule has 156 valence electrons. The zero-order valence-corrected chi connectivity index (χ0v) is 17.9. The lowest BCUT2D eigenvalue weighted by atomic mass is 9.95. The standard InChI is InChI=1S/C24H32N2O3/c1-27-22-15-24(29-3)23(28-2)14-20(22)16-25-11-9-21(10-12-25)26-13-8-18-6-4-5-7-19(18)17-26/h4-7,14-15,21H,8-13,16-17H2,1-3H3/p+2. The molecule has 2 heterocycles. The van der Waals surface area contributed by atoms with Crippen molar-refractivity contribution in [2.45, 2.75) is 38.4 Å². The molecule has 0 bridgehead atoms. The van der Waals surface area contributed by atoms with Gasteiger partial charge in [0.1, 0.15) is 18.8 Å². The highest BCUT2D eigenvalue weighted by atomic mass is 16.5. The van der Waals surface area contributed by atoms with Crippen LogP contribution in [0.4, 0.5) is 0 Å². The number of piperidine rings is 1. The second kappa shape index (κ2) is 9.06. The fraction of sp³-hybridized carbons (Fsp3) is 0.500. The Labute approximate surface area is 174 Å². The molecular formula is C24H34N2O3+2. The minimum absolute atomic E-state index is 0.718. The minimum atomic E-state index is 0.718. The molecule has 0 saturated carbocycles. The fourth-order valence-electron chi connectivity index (χ4n) is 5.06. The summed E-state index contributed by atoms with van der Waals surface area (Å²) in [5.74, 6) is 2.38. The lowest BCUT2D eigenvalue weighted by molar-refractivity contribution is -0.972. The zero-order chi connectivity index (χ0) is 20.2. The maximum absolute atomic E-state index is 5.63. The second-order valence-corrected chi connectivity index (χ2v) is 8.32. The molecule has 2 aromatic rings. The first-order chi connectivity index (χ1) is 14.2. The lowest BCUT2D eigenvalue weighted by Gasteiger charge is -2.36. The van der Waals surface area contributed by atoms with Crippen LogP contribution in [0.1, 0.15) is 29.5 Å². The minimum Gasteiger partial charge on any atom is -0.496 e. The van der Waals surface area contributed by atoms with Gasteiger partial charge in [0.25, 0.3) is 0 Å². The normalized spacial score (nSPS) is 23.9. The van der Waals surface area contributed by atoms with E-state index in [-0.39, 0.29) is 0 Å². The Morgan fingerprint density at radius 1 is 0.828 bits per heavy atom. The molecule has 2 aliphatic heterocycles. The van der Waals surface area contributed by atoms with Gasteiger partial charge < -0.3 is 24.0 Å². The monoisotopic (exact) mass is 398 g/mol. The maximum Gasteiger partial charge on any atom is 0.164 e. The van der Waals surface area contributed by atoms with Crippen LogP contribution in [0, 0.1) is 0 Å². The number of ether oxygens (including phenoxy) is 3. The average Bonchev–Trinajstić information content (AvgIpc) is 2.79. The number of likely N-dealkylation sites (tertiary alicyclic amines) is 1. The predicted molar refractivity (Wildman–Crippen MR) is 113 cm³/mol. The third kappa shape index (κ3) is 4.36. The van der Waals surface area contributed by atoms with Gasteiger partial charge in [0.15, 0.2) is 11.5 Å². The number of hydrogen-bond acceptors (Lipinski definition) is 3. The van der Waals surface area contributed by atoms with Gasteiger partial charge in [0.05, 0.1) is 52.6 Å². The topological polar surface area (TPSA) is 36.6 Å². The first-order valence-electron chi connectivity index (χ1n) is 10.8. The number of benzene rings is 2. The van der Waals surface area contributed by atoms with Crippen molar-refractivity contribution < 1.29 is 24.0 Å². The molecule has 29 heavy (non-hydrogen) atoms. The van der Waals surface area contributed by atoms with E-state index < -0.39 is 0 Å². The molecule has 2 N–H and O–H groups in total. The van der Waals surface area contributed by atoms with Crippen molar-refractivity contribution in [3.63, 3.8) is 0 Å². The van der Waals surface area contributed by atoms with E-state index >= 15 is 0 Å². The summed E-state index contributed by atoms with van der Waals surface area (Å²) >= 11 is 0. The van der Waals surface area contributed by atoms with E-state index in [1.165, 1.54) is 51.0 Å². The van der Waals surface area contributed by atoms with Crippen LogP contribution in [0.5, 0.6) is 17.2 Å². The summed E-state index contributed by atoms with van der Waals surface area (Å²) in [4.78, 5) is 3.41. The highest BCUT2D eigenvalue weighted by molar-refractivity contribution is 5.50. The van der Waals surface area contributed by atoms with E-state index in [4.69, 9.17) is 14.2 Å². The number of nitrogens with one attached hydrogen (secondary N) is 2. The van der Waals surface area contributed by atoms with Gasteiger partial charge >= 0.3 is 0 Å². The summed E-state index contributed by atoms with van der Waals surface area (Å²) in [6, 6.07) is 13.8. The van der Waals surface area contributed by atoms with Crippen LogP contribution in [0.25, 0.3) is 0 Å². The van der Waals surface area contributed by atoms with Gasteiger partial charge in [-0.05, 0) is 11.6 Å². The summed E-state index contributed by atoms with van der Waals surface area (Å²) < 4.78 is 16.5. The van der Waals surface area contributed by atoms with Crippen molar-refractivity contribution in [1.29, 1.82) is 0 Å². The highest BCUT2D eigenvalue weighted by Gasteiger charge is 2.32. The van der Waals surface area contributed by atoms with Crippen molar-refractivity contribution in [3.8, 4) is 17.2 Å². The second-order valence-electron chi connectivity index (χ2n) is 8.32. The third-order valence-electron chi connectivity index (χ3n) is 6.75. The Balaban J connectivity index is 1.37. The predicted octanol–water partition coefficient (Wildman–Crippen LogP) is 0.901. The van der Waals surface area contributed by atoms with Gasteiger partial charge in [-0.25, -0.2) is 0 Å². The molecule has 2 aliphatic rings. The van der Waals surface area contributed by atoms with E-state index in [0.717, 1.165) is 29.8 Å². The van der Waals surface area contributed by atoms with Gasteiger partial charge in [-0.2, -0.15) is 0 Å². The van der Waals surface area contributed by atoms with Crippen LogP contribution >= 0.6 is 0 Å². The third-order valence-corrected chi connectivity index (χ3v) is 6.75. The Kier molecular flexibility index (Phi) is 6.26. The van der Waals surface area contributed by atoms with E-state index in [9.17, 15) is 0 Å². The van der Waals surface area contributed by atoms with E-state index in [1.54, 1.807) is 42.3 Å². The molecule has 0 aliphatic carbocycles. The molecule has 1 unspecified atom stereocenters. The van der Waals surface area contributed by atoms with Gasteiger partial charge in [-0.15, -0.1) is 0 Å². The molecule has 5 heteroatoms. The number of quaternary nitrogens is 2. The molecule has 1 saturated heterocycles. The Morgan fingerprint density at radius 2 is 1.48 bits per heavy atom. The first-order valence-corrected chi connectivity index (χ1v) is 10.8. The molecule has 0 radical (unpaired) electrons. The fourth-order valence-corrected chi connectivity index (χ4v) is 5.06. The number of rotatable bonds is 6. The summed E-state index contributed by atoms with van der Waals surface area (Å²) in [7, 11) is 5.07. The van der Waals surface area contributed by atoms with Crippen molar-refractivity contribution in [1.82, 2.24) is 0 Å². The van der Waals surface area contributed by atoms with Crippen LogP contribution in [0.15, 0.2) is 36.4 Å². The molecule has 5 nitrogen and oxygen atoms in total. The maximum atomic E-state index is 5.63. The Bertz CT molecular complexity index is 831. The Morgan fingerprint density at radius 3 is 2.17 bits per heavy atom. The van der Waals surface area contributed by atoms with E-state index in [1.807, 2.05) is 6.07 Å². The first kappa shape index (κ1) is 20.0. The lowest BCUT2D eigenvalue weighted by Crippen LogP contribution is -3.20. The number of methoxy groups -OCH3 is 3. The van der Waals surface area contributed by atoms with Gasteiger partial charge in [0, 0.05) is 30.9 Å². The van der Waals surface area contributed by atoms with Gasteiger partial charge in [0.2, 0.25) is 0 Å². The molecule has 4 rings (SSSR count). The van der Waals surface area contributed by atoms with Crippen molar-refractivity contribution in [2.24, 2.45) is 0 Å². The van der Waals surface area contributed by atoms with Crippen molar-refractivity contribution in [3.05, 3.63) is 53.1 Å². The zero-order valence-electron chi connectivity index (χ0n) is 17.9. The summed E-state index contributed by atoms with van der Waals surface area (Å²) in [5.41, 5.74) is 4.30. The average molecular weight is 399 g/mol. The summed E-state index contributed by atoms with van der Waals surface area (Å²) in [6.07, 6.45) is 3.81. The summed E-state index contributed by atoms with van der Waals surface area (Å²) in [5, 5.41) is 0. The van der Waals surface area contributed by atoms with Crippen LogP contribution in [0.2, 0.25) is 0 Å². The van der Waals surface area contributed by atoms with Crippen LogP contribution in [-0.4, -0.2) is 47.0 Å². The van der Waals surface area contributed by atoms with Crippen LogP contribution in [-0.2, 0) is 19.5 Å². The molecule has 2 aromatic carbocycles. The Hall–Kier alpha value is -2.24. The molecular weight excluding hydrogens is 364 g/mol. The quantitative estimate of drug-likeness (QED) is 0.759. The molecule has 0 spiro atoms. The van der Waals surface area contributed by atoms with Crippen LogP contribution in [0.3, 0.4) is 0 Å². The largest absolute Gasteiger partial charge is 0.496 e. The molecule has 1 fully saturated rings. The van der Waals surface area contributed by atoms with E-state index in [0.29, 0.717) is 0 Å². The number of fused-ring (bicyclic) bond motifs is 1. The highest BCUT2D eigenvalue weighted by Crippen LogP contribution is 2.34. The van der Waals surface area contributed by atoms with Crippen LogP contribution < -0.4 is 24.0 Å². The molecule has 0 aromatic heterocycles.